The molecule has 22 heavy (non-hydrogen) atoms. The van der Waals surface area contributed by atoms with Gasteiger partial charge in [-0.1, -0.05) is 32.4 Å². The van der Waals surface area contributed by atoms with Crippen LogP contribution in [0.4, 0.5) is 0 Å². The summed E-state index contributed by atoms with van der Waals surface area (Å²) in [4.78, 5) is 26.2. The molecule has 0 aliphatic heterocycles. The van der Waals surface area contributed by atoms with Gasteiger partial charge in [0.15, 0.2) is 0 Å². The van der Waals surface area contributed by atoms with Gasteiger partial charge in [-0.15, -0.1) is 0 Å². The number of methoxy groups -OCH3 is 1. The van der Waals surface area contributed by atoms with Crippen LogP contribution in [0.2, 0.25) is 0 Å². The average molecular weight is 319 g/mol. The van der Waals surface area contributed by atoms with Crippen molar-refractivity contribution in [1.29, 1.82) is 0 Å². The highest BCUT2D eigenvalue weighted by Crippen LogP contribution is 2.14. The Morgan fingerprint density at radius 2 is 1.73 bits per heavy atom. The van der Waals surface area contributed by atoms with Gasteiger partial charge in [-0.3, -0.25) is 4.79 Å². The minimum Gasteiger partial charge on any atom is -0.465 e. The average Bonchev–Trinajstić information content (AvgIpc) is 2.53. The Balaban J connectivity index is 3.24. The van der Waals surface area contributed by atoms with Crippen LogP contribution in [0, 0.1) is 11.2 Å². The van der Waals surface area contributed by atoms with Crippen LogP contribution in [0.15, 0.2) is 18.2 Å². The lowest BCUT2D eigenvalue weighted by atomic mass is 10.0. The van der Waals surface area contributed by atoms with Crippen molar-refractivity contribution >= 4 is 24.5 Å². The lowest BCUT2D eigenvalue weighted by Crippen LogP contribution is -2.32. The molecule has 0 atom stereocenters. The van der Waals surface area contributed by atoms with E-state index in [4.69, 9.17) is 4.74 Å². The third kappa shape index (κ3) is 4.81. The molecule has 5 heteroatoms. The highest BCUT2D eigenvalue weighted by molar-refractivity contribution is 7.85. The number of hydrogen-bond donors (Lipinski definition) is 1. The Kier molecular flexibility index (Phi) is 7.55. The summed E-state index contributed by atoms with van der Waals surface area (Å²) in [5.74, 6) is 2.17. The predicted octanol–water partition coefficient (Wildman–Crippen LogP) is 2.97. The minimum atomic E-state index is -0.491. The zero-order valence-electron chi connectivity index (χ0n) is 13.2. The van der Waals surface area contributed by atoms with Gasteiger partial charge >= 0.3 is 5.97 Å². The smallest absolute Gasteiger partial charge is 0.337 e. The highest BCUT2D eigenvalue weighted by Gasteiger charge is 2.17. The summed E-state index contributed by atoms with van der Waals surface area (Å²) in [7, 11) is 1.31. The molecule has 0 saturated heterocycles. The molecule has 0 saturated carbocycles. The summed E-state index contributed by atoms with van der Waals surface area (Å²) in [6, 6.07) is 4.82. The van der Waals surface area contributed by atoms with Crippen LogP contribution in [-0.4, -0.2) is 37.0 Å². The van der Waals surface area contributed by atoms with E-state index < -0.39 is 5.97 Å². The fourth-order valence-electron chi connectivity index (χ4n) is 2.16. The number of rotatable bonds is 6. The molecule has 1 rings (SSSR count). The molecule has 0 N–H and O–H groups in total. The van der Waals surface area contributed by atoms with Gasteiger partial charge in [0, 0.05) is 24.2 Å². The van der Waals surface area contributed by atoms with E-state index in [1.165, 1.54) is 7.11 Å². The van der Waals surface area contributed by atoms with Gasteiger partial charge < -0.3 is 9.64 Å². The number of benzene rings is 1. The van der Waals surface area contributed by atoms with Crippen LogP contribution in [0.3, 0.4) is 0 Å². The van der Waals surface area contributed by atoms with Crippen molar-refractivity contribution in [1.82, 2.24) is 4.90 Å². The van der Waals surface area contributed by atoms with Gasteiger partial charge in [-0.2, -0.15) is 0 Å². The van der Waals surface area contributed by atoms with E-state index in [1.807, 2.05) is 13.8 Å². The summed E-state index contributed by atoms with van der Waals surface area (Å²) in [6.07, 6.45) is 1.76. The lowest BCUT2D eigenvalue weighted by molar-refractivity contribution is 0.0600. The molecule has 0 aliphatic carbocycles. The number of ether oxygens (including phenoxy) is 1. The third-order valence-corrected chi connectivity index (χ3v) is 3.19. The second kappa shape index (κ2) is 9.16. The number of esters is 1. The number of hydrogen-bond acceptors (Lipinski definition) is 4. The van der Waals surface area contributed by atoms with E-state index in [0.29, 0.717) is 29.8 Å². The van der Waals surface area contributed by atoms with E-state index in [0.717, 1.165) is 12.8 Å². The molecule has 0 unspecified atom stereocenters. The van der Waals surface area contributed by atoms with Crippen molar-refractivity contribution in [3.05, 3.63) is 34.9 Å². The first-order chi connectivity index (χ1) is 10.6. The summed E-state index contributed by atoms with van der Waals surface area (Å²) in [6.45, 7) is 5.42. The summed E-state index contributed by atoms with van der Waals surface area (Å²) < 4.78 is 4.73. The van der Waals surface area contributed by atoms with E-state index >= 15 is 0 Å². The summed E-state index contributed by atoms with van der Waals surface area (Å²) in [5, 5.41) is 2.48. The van der Waals surface area contributed by atoms with Gasteiger partial charge in [0.1, 0.15) is 0 Å². The van der Waals surface area contributed by atoms with Crippen molar-refractivity contribution in [3.63, 3.8) is 0 Å². The van der Waals surface area contributed by atoms with Crippen molar-refractivity contribution in [2.24, 2.45) is 0 Å². The molecule has 4 nitrogen and oxygen atoms in total. The molecular weight excluding hydrogens is 298 g/mol. The third-order valence-electron chi connectivity index (χ3n) is 3.08. The van der Waals surface area contributed by atoms with Gasteiger partial charge in [0.25, 0.3) is 5.91 Å². The topological polar surface area (TPSA) is 46.6 Å². The fraction of sp³-hybridized carbons (Fsp3) is 0.412. The molecule has 0 bridgehead atoms. The predicted molar refractivity (Wildman–Crippen MR) is 90.1 cm³/mol. The number of nitrogens with zero attached hydrogens (tertiary/aromatic N) is 1. The first-order valence-corrected chi connectivity index (χ1v) is 7.69. The van der Waals surface area contributed by atoms with Crippen LogP contribution in [0.25, 0.3) is 0 Å². The molecule has 0 radical (unpaired) electrons. The second-order valence-electron chi connectivity index (χ2n) is 4.82. The van der Waals surface area contributed by atoms with Crippen molar-refractivity contribution in [3.8, 4) is 11.2 Å². The van der Waals surface area contributed by atoms with Crippen LogP contribution in [0.1, 0.15) is 53.0 Å². The standard InChI is InChI=1S/C17H21NO3S/c1-4-7-18(8-5-2)16(19)14-10-13(6-9-22)11-15(12-14)17(20)21-3/h10-12,22H,4-5,7-8H2,1-3H3. The van der Waals surface area contributed by atoms with Gasteiger partial charge in [-0.05, 0) is 36.3 Å². The Morgan fingerprint density at radius 3 is 2.23 bits per heavy atom. The molecule has 0 fully saturated rings. The molecule has 0 heterocycles. The number of amides is 1. The normalized spacial score (nSPS) is 9.64. The van der Waals surface area contributed by atoms with Crippen molar-refractivity contribution < 1.29 is 14.3 Å². The molecular formula is C17H21NO3S. The maximum Gasteiger partial charge on any atom is 0.337 e. The molecule has 0 spiro atoms. The largest absolute Gasteiger partial charge is 0.465 e. The highest BCUT2D eigenvalue weighted by atomic mass is 32.1. The summed E-state index contributed by atoms with van der Waals surface area (Å²) in [5.41, 5.74) is 1.32. The Morgan fingerprint density at radius 1 is 1.14 bits per heavy atom. The van der Waals surface area contributed by atoms with Gasteiger partial charge in [0.2, 0.25) is 0 Å². The maximum atomic E-state index is 12.7. The minimum absolute atomic E-state index is 0.100. The first kappa shape index (κ1) is 18.1. The number of thiol groups is 1. The van der Waals surface area contributed by atoms with E-state index in [-0.39, 0.29) is 5.91 Å². The van der Waals surface area contributed by atoms with Crippen LogP contribution >= 0.6 is 12.6 Å². The Hall–Kier alpha value is -1.93. The monoisotopic (exact) mass is 319 g/mol. The van der Waals surface area contributed by atoms with E-state index in [2.05, 4.69) is 23.8 Å². The SMILES string of the molecule is CCCN(CCC)C(=O)c1cc(C#CS)cc(C(=O)OC)c1. The quantitative estimate of drug-likeness (QED) is 0.498. The summed E-state index contributed by atoms with van der Waals surface area (Å²) >= 11 is 3.86. The van der Waals surface area contributed by atoms with Crippen LogP contribution in [-0.2, 0) is 4.74 Å². The first-order valence-electron chi connectivity index (χ1n) is 7.25. The Bertz CT molecular complexity index is 596. The van der Waals surface area contributed by atoms with Gasteiger partial charge in [0.05, 0.1) is 12.7 Å². The molecule has 1 amide bonds. The van der Waals surface area contributed by atoms with Crippen molar-refractivity contribution in [2.75, 3.05) is 20.2 Å². The van der Waals surface area contributed by atoms with Gasteiger partial charge in [-0.25, -0.2) is 4.79 Å². The zero-order chi connectivity index (χ0) is 16.5. The number of carbonyl (C=O) groups is 2. The fourth-order valence-corrected chi connectivity index (χ4v) is 2.29. The number of carbonyl (C=O) groups excluding carboxylic acids is 2. The van der Waals surface area contributed by atoms with Crippen LogP contribution < -0.4 is 0 Å². The zero-order valence-corrected chi connectivity index (χ0v) is 14.1. The molecule has 0 aliphatic rings. The molecule has 1 aromatic carbocycles. The van der Waals surface area contributed by atoms with E-state index in [1.54, 1.807) is 23.1 Å². The second-order valence-corrected chi connectivity index (χ2v) is 5.04. The van der Waals surface area contributed by atoms with Crippen LogP contribution in [0.5, 0.6) is 0 Å². The molecule has 0 aromatic heterocycles. The molecule has 1 aromatic rings. The van der Waals surface area contributed by atoms with Crippen molar-refractivity contribution in [2.45, 2.75) is 26.7 Å². The maximum absolute atomic E-state index is 12.7. The Labute approximate surface area is 137 Å². The molecule has 118 valence electrons. The van der Waals surface area contributed by atoms with E-state index in [9.17, 15) is 9.59 Å². The lowest BCUT2D eigenvalue weighted by Gasteiger charge is -2.21.